The van der Waals surface area contributed by atoms with E-state index < -0.39 is 11.8 Å². The van der Waals surface area contributed by atoms with Gasteiger partial charge in [-0.05, 0) is 35.0 Å². The van der Waals surface area contributed by atoms with Gasteiger partial charge < -0.3 is 9.80 Å². The molecule has 1 aliphatic rings. The van der Waals surface area contributed by atoms with Gasteiger partial charge >= 0.3 is 11.8 Å². The summed E-state index contributed by atoms with van der Waals surface area (Å²) in [6.45, 7) is 4.00. The largest absolute Gasteiger partial charge is 0.333 e. The van der Waals surface area contributed by atoms with Crippen LogP contribution in [-0.4, -0.2) is 46.2 Å². The third kappa shape index (κ3) is 2.69. The maximum Gasteiger partial charge on any atom is 0.312 e. The van der Waals surface area contributed by atoms with Gasteiger partial charge in [0.2, 0.25) is 0 Å². The van der Waals surface area contributed by atoms with Crippen molar-refractivity contribution in [1.82, 2.24) is 14.8 Å². The van der Waals surface area contributed by atoms with Gasteiger partial charge in [-0.2, -0.15) is 0 Å². The Balaban J connectivity index is 2.04. The molecule has 0 aliphatic carbocycles. The average molecular weight is 312 g/mol. The van der Waals surface area contributed by atoms with Gasteiger partial charge in [0.05, 0.1) is 12.2 Å². The third-order valence-corrected chi connectivity index (χ3v) is 3.39. The second-order valence-electron chi connectivity index (χ2n) is 4.08. The van der Waals surface area contributed by atoms with Crippen LogP contribution >= 0.6 is 15.9 Å². The van der Waals surface area contributed by atoms with E-state index in [2.05, 4.69) is 20.9 Å². The number of piperazine rings is 1. The van der Waals surface area contributed by atoms with E-state index in [9.17, 15) is 9.59 Å². The highest BCUT2D eigenvalue weighted by atomic mass is 79.9. The summed E-state index contributed by atoms with van der Waals surface area (Å²) in [6.07, 6.45) is 1.68. The van der Waals surface area contributed by atoms with E-state index in [1.807, 2.05) is 19.1 Å². The first-order chi connectivity index (χ1) is 8.61. The standard InChI is InChI=1S/C12H14BrN3O2/c1-2-15-5-6-16(12(18)11(15)17)8-10-4-3-9(13)7-14-10/h3-4,7H,2,5-6,8H2,1H3. The maximum absolute atomic E-state index is 11.9. The molecule has 18 heavy (non-hydrogen) atoms. The lowest BCUT2D eigenvalue weighted by Gasteiger charge is -2.32. The van der Waals surface area contributed by atoms with Gasteiger partial charge in [0.1, 0.15) is 0 Å². The van der Waals surface area contributed by atoms with E-state index in [1.165, 1.54) is 0 Å². The molecule has 0 aromatic carbocycles. The van der Waals surface area contributed by atoms with Crippen LogP contribution in [0.5, 0.6) is 0 Å². The Morgan fingerprint density at radius 3 is 2.50 bits per heavy atom. The molecule has 0 spiro atoms. The number of hydrogen-bond donors (Lipinski definition) is 0. The van der Waals surface area contributed by atoms with Crippen molar-refractivity contribution in [3.05, 3.63) is 28.5 Å². The number of carbonyl (C=O) groups is 2. The lowest BCUT2D eigenvalue weighted by molar-refractivity contribution is -0.156. The highest BCUT2D eigenvalue weighted by molar-refractivity contribution is 9.10. The monoisotopic (exact) mass is 311 g/mol. The molecular formula is C12H14BrN3O2. The number of halogens is 1. The summed E-state index contributed by atoms with van der Waals surface area (Å²) in [5.74, 6) is -0.853. The number of nitrogens with zero attached hydrogens (tertiary/aromatic N) is 3. The minimum atomic E-state index is -0.437. The van der Waals surface area contributed by atoms with E-state index in [4.69, 9.17) is 0 Å². The fraction of sp³-hybridized carbons (Fsp3) is 0.417. The van der Waals surface area contributed by atoms with Crippen LogP contribution in [0, 0.1) is 0 Å². The molecule has 2 heterocycles. The van der Waals surface area contributed by atoms with Crippen LogP contribution in [0.2, 0.25) is 0 Å². The normalized spacial score (nSPS) is 16.3. The summed E-state index contributed by atoms with van der Waals surface area (Å²) in [5.41, 5.74) is 0.782. The molecule has 0 radical (unpaired) electrons. The third-order valence-electron chi connectivity index (χ3n) is 2.92. The van der Waals surface area contributed by atoms with E-state index in [-0.39, 0.29) is 0 Å². The Morgan fingerprint density at radius 2 is 1.89 bits per heavy atom. The number of amides is 2. The van der Waals surface area contributed by atoms with Crippen LogP contribution in [0.1, 0.15) is 12.6 Å². The van der Waals surface area contributed by atoms with Crippen molar-refractivity contribution in [2.24, 2.45) is 0 Å². The highest BCUT2D eigenvalue weighted by Gasteiger charge is 2.31. The molecule has 5 nitrogen and oxygen atoms in total. The average Bonchev–Trinajstić information content (AvgIpc) is 2.38. The fourth-order valence-corrected chi connectivity index (χ4v) is 2.10. The number of pyridine rings is 1. The lowest BCUT2D eigenvalue weighted by Crippen LogP contribution is -2.53. The summed E-state index contributed by atoms with van der Waals surface area (Å²) >= 11 is 3.31. The smallest absolute Gasteiger partial charge is 0.312 e. The maximum atomic E-state index is 11.9. The Hall–Kier alpha value is -1.43. The number of rotatable bonds is 3. The number of aromatic nitrogens is 1. The van der Waals surface area contributed by atoms with Gasteiger partial charge in [-0.25, -0.2) is 0 Å². The molecule has 2 amide bonds. The van der Waals surface area contributed by atoms with Crippen LogP contribution < -0.4 is 0 Å². The zero-order valence-electron chi connectivity index (χ0n) is 10.1. The summed E-state index contributed by atoms with van der Waals surface area (Å²) in [5, 5.41) is 0. The zero-order chi connectivity index (χ0) is 13.1. The van der Waals surface area contributed by atoms with Crippen LogP contribution in [0.25, 0.3) is 0 Å². The van der Waals surface area contributed by atoms with Crippen molar-refractivity contribution in [2.75, 3.05) is 19.6 Å². The molecule has 2 rings (SSSR count). The molecule has 6 heteroatoms. The fourth-order valence-electron chi connectivity index (χ4n) is 1.86. The van der Waals surface area contributed by atoms with Gasteiger partial charge in [-0.15, -0.1) is 0 Å². The van der Waals surface area contributed by atoms with E-state index in [0.29, 0.717) is 26.2 Å². The summed E-state index contributed by atoms with van der Waals surface area (Å²) in [6, 6.07) is 3.71. The number of likely N-dealkylation sites (N-methyl/N-ethyl adjacent to an activating group) is 1. The Bertz CT molecular complexity index is 461. The quantitative estimate of drug-likeness (QED) is 0.784. The molecular weight excluding hydrogens is 298 g/mol. The van der Waals surface area contributed by atoms with Crippen molar-refractivity contribution in [2.45, 2.75) is 13.5 Å². The summed E-state index contributed by atoms with van der Waals surface area (Å²) < 4.78 is 0.893. The van der Waals surface area contributed by atoms with Crippen molar-refractivity contribution in [1.29, 1.82) is 0 Å². The first kappa shape index (κ1) is 13.0. The van der Waals surface area contributed by atoms with E-state index in [1.54, 1.807) is 16.0 Å². The minimum absolute atomic E-state index is 0.384. The molecule has 1 aliphatic heterocycles. The summed E-state index contributed by atoms with van der Waals surface area (Å²) in [4.78, 5) is 30.9. The molecule has 0 bridgehead atoms. The molecule has 0 unspecified atom stereocenters. The van der Waals surface area contributed by atoms with Gasteiger partial charge in [0.25, 0.3) is 0 Å². The Kier molecular flexibility index (Phi) is 3.96. The van der Waals surface area contributed by atoms with Gasteiger partial charge in [-0.1, -0.05) is 0 Å². The number of hydrogen-bond acceptors (Lipinski definition) is 3. The van der Waals surface area contributed by atoms with Crippen molar-refractivity contribution in [3.63, 3.8) is 0 Å². The zero-order valence-corrected chi connectivity index (χ0v) is 11.7. The highest BCUT2D eigenvalue weighted by Crippen LogP contribution is 2.11. The van der Waals surface area contributed by atoms with Crippen LogP contribution in [0.15, 0.2) is 22.8 Å². The second-order valence-corrected chi connectivity index (χ2v) is 4.99. The van der Waals surface area contributed by atoms with E-state index in [0.717, 1.165) is 10.2 Å². The van der Waals surface area contributed by atoms with Crippen LogP contribution in [0.4, 0.5) is 0 Å². The molecule has 0 N–H and O–H groups in total. The lowest BCUT2D eigenvalue weighted by atomic mass is 10.2. The molecule has 0 saturated carbocycles. The van der Waals surface area contributed by atoms with E-state index >= 15 is 0 Å². The summed E-state index contributed by atoms with van der Waals surface area (Å²) in [7, 11) is 0. The van der Waals surface area contributed by atoms with Gasteiger partial charge in [-0.3, -0.25) is 14.6 Å². The first-order valence-corrected chi connectivity index (χ1v) is 6.59. The predicted octanol–water partition coefficient (Wildman–Crippen LogP) is 1.03. The van der Waals surface area contributed by atoms with Crippen molar-refractivity contribution >= 4 is 27.7 Å². The molecule has 1 fully saturated rings. The molecule has 1 aromatic rings. The first-order valence-electron chi connectivity index (χ1n) is 5.80. The Labute approximate surface area is 114 Å². The van der Waals surface area contributed by atoms with Gasteiger partial charge in [0, 0.05) is 30.3 Å². The molecule has 1 saturated heterocycles. The molecule has 0 atom stereocenters. The molecule has 96 valence electrons. The predicted molar refractivity (Wildman–Crippen MR) is 69.6 cm³/mol. The van der Waals surface area contributed by atoms with Crippen LogP contribution in [0.3, 0.4) is 0 Å². The van der Waals surface area contributed by atoms with Crippen LogP contribution in [-0.2, 0) is 16.1 Å². The topological polar surface area (TPSA) is 53.5 Å². The minimum Gasteiger partial charge on any atom is -0.333 e. The SMILES string of the molecule is CCN1CCN(Cc2ccc(Br)cn2)C(=O)C1=O. The number of carbonyl (C=O) groups excluding carboxylic acids is 2. The van der Waals surface area contributed by atoms with Crippen molar-refractivity contribution in [3.8, 4) is 0 Å². The Morgan fingerprint density at radius 1 is 1.22 bits per heavy atom. The molecule has 1 aromatic heterocycles. The van der Waals surface area contributed by atoms with Gasteiger partial charge in [0.15, 0.2) is 0 Å². The second kappa shape index (κ2) is 5.48. The van der Waals surface area contributed by atoms with Crippen molar-refractivity contribution < 1.29 is 9.59 Å².